The molecule has 0 bridgehead atoms. The van der Waals surface area contributed by atoms with Crippen LogP contribution in [0, 0.1) is 0 Å². The van der Waals surface area contributed by atoms with Gasteiger partial charge >= 0.3 is 12.0 Å². The van der Waals surface area contributed by atoms with Gasteiger partial charge < -0.3 is 25.6 Å². The second-order valence-corrected chi connectivity index (χ2v) is 6.00. The van der Waals surface area contributed by atoms with Crippen molar-refractivity contribution in [2.75, 3.05) is 11.9 Å². The number of carboxylic acid groups (broad SMARTS) is 1. The van der Waals surface area contributed by atoms with Gasteiger partial charge in [-0.1, -0.05) is 43.7 Å². The summed E-state index contributed by atoms with van der Waals surface area (Å²) in [6.45, 7) is 2.70. The van der Waals surface area contributed by atoms with Gasteiger partial charge in [0.1, 0.15) is 11.9 Å². The Morgan fingerprint density at radius 3 is 2.33 bits per heavy atom. The number of aliphatic carboxylic acids is 1. The summed E-state index contributed by atoms with van der Waals surface area (Å²) in [5.74, 6) is -0.640. The monoisotopic (exact) mass is 372 g/mol. The third-order valence-electron chi connectivity index (χ3n) is 3.89. The summed E-state index contributed by atoms with van der Waals surface area (Å²) < 4.78 is 5.54. The fraction of sp³-hybridized carbons (Fsp3) is 0.300. The topological polar surface area (TPSA) is 108 Å². The van der Waals surface area contributed by atoms with Crippen LogP contribution in [0.5, 0.6) is 5.75 Å². The first-order chi connectivity index (χ1) is 13.0. The van der Waals surface area contributed by atoms with Crippen LogP contribution < -0.4 is 15.4 Å². The molecule has 0 spiro atoms. The third-order valence-corrected chi connectivity index (χ3v) is 3.89. The summed E-state index contributed by atoms with van der Waals surface area (Å²) in [6, 6.07) is 12.9. The number of nitrogens with one attached hydrogen (secondary N) is 2. The Hall–Kier alpha value is -3.06. The summed E-state index contributed by atoms with van der Waals surface area (Å²) >= 11 is 0. The molecule has 0 aliphatic heterocycles. The number of carbonyl (C=O) groups is 2. The predicted octanol–water partition coefficient (Wildman–Crippen LogP) is 3.17. The van der Waals surface area contributed by atoms with Crippen LogP contribution in [0.15, 0.2) is 54.6 Å². The average molecular weight is 372 g/mol. The number of aliphatic hydroxyl groups excluding tert-OH is 1. The molecule has 2 aromatic rings. The Balaban J connectivity index is 1.95. The Kier molecular flexibility index (Phi) is 7.63. The fourth-order valence-electron chi connectivity index (χ4n) is 2.40. The molecule has 0 aromatic heterocycles. The van der Waals surface area contributed by atoms with E-state index in [9.17, 15) is 19.8 Å². The molecular weight excluding hydrogens is 348 g/mol. The van der Waals surface area contributed by atoms with Crippen molar-refractivity contribution in [3.63, 3.8) is 0 Å². The molecule has 7 heteroatoms. The van der Waals surface area contributed by atoms with E-state index in [1.807, 2.05) is 0 Å². The quantitative estimate of drug-likeness (QED) is 0.506. The van der Waals surface area contributed by atoms with Gasteiger partial charge in [0, 0.05) is 5.69 Å². The Bertz CT molecular complexity index is 734. The molecule has 2 unspecified atom stereocenters. The number of aliphatic hydroxyl groups is 1. The molecule has 4 N–H and O–H groups in total. The highest BCUT2D eigenvalue weighted by molar-refractivity contribution is 5.92. The fourth-order valence-corrected chi connectivity index (χ4v) is 2.40. The molecule has 2 amide bonds. The van der Waals surface area contributed by atoms with Crippen molar-refractivity contribution in [1.29, 1.82) is 0 Å². The average Bonchev–Trinajstić information content (AvgIpc) is 2.67. The number of benzene rings is 2. The van der Waals surface area contributed by atoms with Crippen LogP contribution in [-0.2, 0) is 4.79 Å². The molecule has 2 atom stereocenters. The maximum Gasteiger partial charge on any atom is 0.329 e. The second kappa shape index (κ2) is 10.2. The summed E-state index contributed by atoms with van der Waals surface area (Å²) in [5, 5.41) is 24.4. The van der Waals surface area contributed by atoms with Gasteiger partial charge in [-0.2, -0.15) is 0 Å². The molecule has 7 nitrogen and oxygen atoms in total. The number of hydrogen-bond donors (Lipinski definition) is 4. The van der Waals surface area contributed by atoms with Crippen molar-refractivity contribution in [1.82, 2.24) is 5.32 Å². The minimum atomic E-state index is -1.48. The van der Waals surface area contributed by atoms with Crippen molar-refractivity contribution in [3.8, 4) is 5.75 Å². The highest BCUT2D eigenvalue weighted by Gasteiger charge is 2.29. The highest BCUT2D eigenvalue weighted by atomic mass is 16.5. The summed E-state index contributed by atoms with van der Waals surface area (Å²) in [4.78, 5) is 23.6. The Morgan fingerprint density at radius 2 is 1.74 bits per heavy atom. The standard InChI is InChI=1S/C20H24N2O5/c1-2-3-13-27-16-11-9-15(10-12-16)21-20(26)22-17(19(24)25)18(23)14-7-5-4-6-8-14/h4-12,17-18,23H,2-3,13H2,1H3,(H,24,25)(H2,21,22,26). The molecular formula is C20H24N2O5. The molecule has 0 saturated heterocycles. The van der Waals surface area contributed by atoms with E-state index in [0.29, 0.717) is 23.6 Å². The zero-order valence-electron chi connectivity index (χ0n) is 15.1. The first kappa shape index (κ1) is 20.3. The van der Waals surface area contributed by atoms with E-state index >= 15 is 0 Å². The number of ether oxygens (including phenoxy) is 1. The Labute approximate surface area is 158 Å². The number of unbranched alkanes of at least 4 members (excludes halogenated alkanes) is 1. The molecule has 27 heavy (non-hydrogen) atoms. The third kappa shape index (κ3) is 6.31. The zero-order chi connectivity index (χ0) is 19.6. The normalized spacial score (nSPS) is 12.7. The Morgan fingerprint density at radius 1 is 1.07 bits per heavy atom. The van der Waals surface area contributed by atoms with E-state index in [-0.39, 0.29) is 0 Å². The van der Waals surface area contributed by atoms with Gasteiger partial charge in [0.25, 0.3) is 0 Å². The maximum absolute atomic E-state index is 12.1. The van der Waals surface area contributed by atoms with Gasteiger partial charge in [0.05, 0.1) is 6.61 Å². The minimum Gasteiger partial charge on any atom is -0.494 e. The van der Waals surface area contributed by atoms with Crippen molar-refractivity contribution in [2.24, 2.45) is 0 Å². The molecule has 2 aromatic carbocycles. The van der Waals surface area contributed by atoms with Crippen molar-refractivity contribution >= 4 is 17.7 Å². The van der Waals surface area contributed by atoms with Crippen molar-refractivity contribution in [3.05, 3.63) is 60.2 Å². The van der Waals surface area contributed by atoms with E-state index in [2.05, 4.69) is 17.6 Å². The molecule has 0 saturated carbocycles. The lowest BCUT2D eigenvalue weighted by Crippen LogP contribution is -2.46. The van der Waals surface area contributed by atoms with Gasteiger partial charge in [-0.25, -0.2) is 9.59 Å². The largest absolute Gasteiger partial charge is 0.494 e. The molecule has 0 aliphatic rings. The number of anilines is 1. The van der Waals surface area contributed by atoms with Gasteiger partial charge in [0.15, 0.2) is 6.04 Å². The molecule has 0 radical (unpaired) electrons. The minimum absolute atomic E-state index is 0.402. The molecule has 144 valence electrons. The number of carbonyl (C=O) groups excluding carboxylic acids is 1. The number of urea groups is 1. The van der Waals surface area contributed by atoms with E-state index in [0.717, 1.165) is 12.8 Å². The van der Waals surface area contributed by atoms with Crippen LogP contribution in [0.4, 0.5) is 10.5 Å². The lowest BCUT2D eigenvalue weighted by atomic mass is 10.0. The van der Waals surface area contributed by atoms with E-state index in [4.69, 9.17) is 4.74 Å². The predicted molar refractivity (Wildman–Crippen MR) is 102 cm³/mol. The van der Waals surface area contributed by atoms with Crippen molar-refractivity contribution in [2.45, 2.75) is 31.9 Å². The first-order valence-electron chi connectivity index (χ1n) is 8.77. The number of amides is 2. The van der Waals surface area contributed by atoms with Gasteiger partial charge in [-0.15, -0.1) is 0 Å². The van der Waals surface area contributed by atoms with E-state index in [1.54, 1.807) is 54.6 Å². The SMILES string of the molecule is CCCCOc1ccc(NC(=O)NC(C(=O)O)C(O)c2ccccc2)cc1. The zero-order valence-corrected chi connectivity index (χ0v) is 15.1. The molecule has 0 heterocycles. The molecule has 0 aliphatic carbocycles. The maximum atomic E-state index is 12.1. The van der Waals surface area contributed by atoms with Crippen LogP contribution in [0.1, 0.15) is 31.4 Å². The summed E-state index contributed by atoms with van der Waals surface area (Å²) in [5.41, 5.74) is 0.882. The van der Waals surface area contributed by atoms with Gasteiger partial charge in [0.2, 0.25) is 0 Å². The molecule has 0 fully saturated rings. The van der Waals surface area contributed by atoms with Crippen LogP contribution in [0.3, 0.4) is 0 Å². The second-order valence-electron chi connectivity index (χ2n) is 6.00. The molecule has 2 rings (SSSR count). The van der Waals surface area contributed by atoms with E-state index in [1.165, 1.54) is 0 Å². The smallest absolute Gasteiger partial charge is 0.329 e. The lowest BCUT2D eigenvalue weighted by molar-refractivity contribution is -0.142. The lowest BCUT2D eigenvalue weighted by Gasteiger charge is -2.21. The number of rotatable bonds is 9. The summed E-state index contributed by atoms with van der Waals surface area (Å²) in [6.07, 6.45) is 0.631. The number of hydrogen-bond acceptors (Lipinski definition) is 4. The first-order valence-corrected chi connectivity index (χ1v) is 8.77. The van der Waals surface area contributed by atoms with E-state index < -0.39 is 24.1 Å². The van der Waals surface area contributed by atoms with Crippen LogP contribution >= 0.6 is 0 Å². The highest BCUT2D eigenvalue weighted by Crippen LogP contribution is 2.18. The van der Waals surface area contributed by atoms with Gasteiger partial charge in [-0.3, -0.25) is 0 Å². The number of carboxylic acids is 1. The van der Waals surface area contributed by atoms with Crippen LogP contribution in [0.2, 0.25) is 0 Å². The van der Waals surface area contributed by atoms with Gasteiger partial charge in [-0.05, 0) is 36.2 Å². The van der Waals surface area contributed by atoms with Crippen LogP contribution in [-0.4, -0.2) is 34.9 Å². The van der Waals surface area contributed by atoms with Crippen LogP contribution in [0.25, 0.3) is 0 Å². The summed E-state index contributed by atoms with van der Waals surface area (Å²) in [7, 11) is 0. The van der Waals surface area contributed by atoms with Crippen molar-refractivity contribution < 1.29 is 24.5 Å².